The zero-order valence-electron chi connectivity index (χ0n) is 20.9. The fourth-order valence-electron chi connectivity index (χ4n) is 2.70. The Hall–Kier alpha value is -3.59. The van der Waals surface area contributed by atoms with Crippen LogP contribution in [0.4, 0.5) is 0 Å². The smallest absolute Gasteiger partial charge is 0.422 e. The molecule has 0 aromatic heterocycles. The SMILES string of the molecule is C#CC#CC#CC#CC#CC#CC(=O)O[C@@H](COP(=O)(O)O)OC(=O)CCCCCCCCCCCC. The molecule has 2 N–H and O–H groups in total. The minimum absolute atomic E-state index is 0.0630. The molecular formula is C28H31O8P. The summed E-state index contributed by atoms with van der Waals surface area (Å²) in [5.41, 5.74) is 0. The van der Waals surface area contributed by atoms with Crippen molar-refractivity contribution in [2.75, 3.05) is 6.61 Å². The molecule has 0 fully saturated rings. The first-order valence-electron chi connectivity index (χ1n) is 11.8. The third-order valence-corrected chi connectivity index (χ3v) is 4.84. The number of hydrogen-bond donors (Lipinski definition) is 2. The standard InChI is InChI=1S/C28H31O8P/c1-3-5-7-9-11-13-15-17-19-21-23-26(29)35-28(25-34-37(31,32)33)36-27(30)24-22-20-18-16-14-12-10-8-6-4-2/h1,28H,4,6,8,10,12,14,16,18,20,22,24-25H2,2H3,(H2,31,32,33)/t28-/m1/s1. The van der Waals surface area contributed by atoms with Crippen molar-refractivity contribution in [3.05, 3.63) is 0 Å². The number of ether oxygens (including phenoxy) is 2. The molecule has 37 heavy (non-hydrogen) atoms. The van der Waals surface area contributed by atoms with E-state index in [0.29, 0.717) is 6.42 Å². The Balaban J connectivity index is 4.56. The maximum atomic E-state index is 12.1. The monoisotopic (exact) mass is 526 g/mol. The Bertz CT molecular complexity index is 1120. The summed E-state index contributed by atoms with van der Waals surface area (Å²) < 4.78 is 25.0. The summed E-state index contributed by atoms with van der Waals surface area (Å²) in [5.74, 6) is 23.1. The minimum Gasteiger partial charge on any atom is -0.422 e. The van der Waals surface area contributed by atoms with Gasteiger partial charge in [0, 0.05) is 12.3 Å². The van der Waals surface area contributed by atoms with E-state index in [1.54, 1.807) is 0 Å². The molecule has 0 heterocycles. The lowest BCUT2D eigenvalue weighted by Crippen LogP contribution is -2.28. The number of rotatable bonds is 16. The molecule has 0 rings (SSSR count). The zero-order chi connectivity index (χ0) is 27.6. The molecule has 8 nitrogen and oxygen atoms in total. The van der Waals surface area contributed by atoms with Gasteiger partial charge in [-0.25, -0.2) is 9.36 Å². The maximum absolute atomic E-state index is 12.1. The minimum atomic E-state index is -4.88. The normalized spacial score (nSPS) is 10.0. The van der Waals surface area contributed by atoms with E-state index < -0.39 is 32.7 Å². The van der Waals surface area contributed by atoms with E-state index in [9.17, 15) is 14.2 Å². The van der Waals surface area contributed by atoms with Gasteiger partial charge in [0.05, 0.1) is 0 Å². The number of carbonyl (C=O) groups excluding carboxylic acids is 2. The van der Waals surface area contributed by atoms with Crippen LogP contribution in [0.15, 0.2) is 0 Å². The first-order chi connectivity index (χ1) is 17.8. The Kier molecular flexibility index (Phi) is 20.6. The Labute approximate surface area is 219 Å². The topological polar surface area (TPSA) is 119 Å². The molecule has 0 aromatic carbocycles. The van der Waals surface area contributed by atoms with Crippen LogP contribution in [0, 0.1) is 71.5 Å². The van der Waals surface area contributed by atoms with Crippen LogP contribution in [0.1, 0.15) is 77.6 Å². The molecule has 0 aliphatic rings. The lowest BCUT2D eigenvalue weighted by molar-refractivity contribution is -0.189. The van der Waals surface area contributed by atoms with Crippen LogP contribution in [-0.4, -0.2) is 34.6 Å². The number of phosphoric ester groups is 1. The van der Waals surface area contributed by atoms with E-state index >= 15 is 0 Å². The van der Waals surface area contributed by atoms with Gasteiger partial charge in [0.25, 0.3) is 6.29 Å². The molecule has 0 aliphatic carbocycles. The molecule has 0 amide bonds. The summed E-state index contributed by atoms with van der Waals surface area (Å²) in [6.07, 6.45) is 14.2. The van der Waals surface area contributed by atoms with Crippen molar-refractivity contribution in [3.8, 4) is 71.5 Å². The van der Waals surface area contributed by atoms with Crippen LogP contribution in [0.5, 0.6) is 0 Å². The lowest BCUT2D eigenvalue weighted by Gasteiger charge is -2.17. The highest BCUT2D eigenvalue weighted by atomic mass is 31.2. The fraction of sp³-hybridized carbons (Fsp3) is 0.500. The van der Waals surface area contributed by atoms with Gasteiger partial charge in [0.15, 0.2) is 0 Å². The van der Waals surface area contributed by atoms with Gasteiger partial charge in [-0.2, -0.15) is 0 Å². The third kappa shape index (κ3) is 25.3. The van der Waals surface area contributed by atoms with Crippen LogP contribution in [-0.2, 0) is 28.2 Å². The summed E-state index contributed by atoms with van der Waals surface area (Å²) >= 11 is 0. The number of esters is 2. The summed E-state index contributed by atoms with van der Waals surface area (Å²) in [6.45, 7) is 1.32. The van der Waals surface area contributed by atoms with E-state index in [2.05, 4.69) is 70.7 Å². The van der Waals surface area contributed by atoms with Crippen LogP contribution in [0.3, 0.4) is 0 Å². The predicted octanol–water partition coefficient (Wildman–Crippen LogP) is 3.47. The van der Waals surface area contributed by atoms with Crippen molar-refractivity contribution in [1.82, 2.24) is 0 Å². The number of hydrogen-bond acceptors (Lipinski definition) is 6. The second kappa shape index (κ2) is 22.8. The number of carbonyl (C=O) groups is 2. The molecule has 0 radical (unpaired) electrons. The molecule has 196 valence electrons. The molecular weight excluding hydrogens is 495 g/mol. The van der Waals surface area contributed by atoms with Gasteiger partial charge >= 0.3 is 19.8 Å². The summed E-state index contributed by atoms with van der Waals surface area (Å²) in [7, 11) is -4.88. The quantitative estimate of drug-likeness (QED) is 0.0784. The highest BCUT2D eigenvalue weighted by Gasteiger charge is 2.24. The Morgan fingerprint density at radius 1 is 0.757 bits per heavy atom. The van der Waals surface area contributed by atoms with Gasteiger partial charge in [0.1, 0.15) is 6.61 Å². The number of unbranched alkanes of at least 4 members (excludes halogenated alkanes) is 9. The number of terminal acetylenes is 1. The van der Waals surface area contributed by atoms with Crippen molar-refractivity contribution < 1.29 is 37.9 Å². The van der Waals surface area contributed by atoms with Crippen molar-refractivity contribution >= 4 is 19.8 Å². The largest absolute Gasteiger partial charge is 0.469 e. The number of phosphoric acid groups is 1. The van der Waals surface area contributed by atoms with Crippen LogP contribution >= 0.6 is 7.82 Å². The van der Waals surface area contributed by atoms with E-state index in [0.717, 1.165) is 19.3 Å². The molecule has 0 saturated heterocycles. The maximum Gasteiger partial charge on any atom is 0.469 e. The molecule has 0 bridgehead atoms. The molecule has 0 aromatic rings. The highest BCUT2D eigenvalue weighted by Crippen LogP contribution is 2.36. The van der Waals surface area contributed by atoms with Gasteiger partial charge in [-0.3, -0.25) is 9.32 Å². The van der Waals surface area contributed by atoms with Crippen LogP contribution in [0.2, 0.25) is 0 Å². The Morgan fingerprint density at radius 3 is 1.76 bits per heavy atom. The average Bonchev–Trinajstić information content (AvgIpc) is 2.84. The molecule has 0 unspecified atom stereocenters. The van der Waals surface area contributed by atoms with E-state index in [1.165, 1.54) is 38.5 Å². The lowest BCUT2D eigenvalue weighted by atomic mass is 10.1. The summed E-state index contributed by atoms with van der Waals surface area (Å²) in [6, 6.07) is 0. The molecule has 9 heteroatoms. The third-order valence-electron chi connectivity index (χ3n) is 4.35. The van der Waals surface area contributed by atoms with Crippen LogP contribution < -0.4 is 0 Å². The van der Waals surface area contributed by atoms with Gasteiger partial charge in [-0.15, -0.1) is 6.42 Å². The van der Waals surface area contributed by atoms with Gasteiger partial charge in [-0.1, -0.05) is 64.7 Å². The summed E-state index contributed by atoms with van der Waals surface area (Å²) in [4.78, 5) is 41.7. The van der Waals surface area contributed by atoms with Gasteiger partial charge in [0.2, 0.25) is 0 Å². The van der Waals surface area contributed by atoms with Crippen LogP contribution in [0.25, 0.3) is 0 Å². The van der Waals surface area contributed by atoms with Crippen molar-refractivity contribution in [2.24, 2.45) is 0 Å². The van der Waals surface area contributed by atoms with Crippen molar-refractivity contribution in [3.63, 3.8) is 0 Å². The molecule has 0 aliphatic heterocycles. The van der Waals surface area contributed by atoms with Crippen molar-refractivity contribution in [2.45, 2.75) is 83.8 Å². The van der Waals surface area contributed by atoms with Gasteiger partial charge < -0.3 is 19.3 Å². The molecule has 1 atom stereocenters. The predicted molar refractivity (Wildman–Crippen MR) is 138 cm³/mol. The second-order valence-electron chi connectivity index (χ2n) is 7.44. The first kappa shape index (κ1) is 33.4. The van der Waals surface area contributed by atoms with Gasteiger partial charge in [-0.05, 0) is 65.6 Å². The van der Waals surface area contributed by atoms with E-state index in [1.807, 2.05) is 5.92 Å². The van der Waals surface area contributed by atoms with E-state index in [-0.39, 0.29) is 6.42 Å². The first-order valence-corrected chi connectivity index (χ1v) is 13.4. The Morgan fingerprint density at radius 2 is 1.24 bits per heavy atom. The fourth-order valence-corrected chi connectivity index (χ4v) is 3.01. The second-order valence-corrected chi connectivity index (χ2v) is 8.68. The molecule has 0 saturated carbocycles. The summed E-state index contributed by atoms with van der Waals surface area (Å²) in [5, 5.41) is 0. The highest BCUT2D eigenvalue weighted by molar-refractivity contribution is 7.46. The average molecular weight is 527 g/mol. The van der Waals surface area contributed by atoms with Crippen molar-refractivity contribution in [1.29, 1.82) is 0 Å². The molecule has 0 spiro atoms. The zero-order valence-corrected chi connectivity index (χ0v) is 21.8. The van der Waals surface area contributed by atoms with E-state index in [4.69, 9.17) is 25.7 Å².